The number of amides is 3. The Balaban J connectivity index is 1.90. The van der Waals surface area contributed by atoms with Gasteiger partial charge in [0.15, 0.2) is 0 Å². The van der Waals surface area contributed by atoms with Crippen LogP contribution in [-0.2, 0) is 9.59 Å². The van der Waals surface area contributed by atoms with Gasteiger partial charge in [-0.25, -0.2) is 0 Å². The van der Waals surface area contributed by atoms with Gasteiger partial charge in [0.05, 0.1) is 0 Å². The monoisotopic (exact) mass is 353 g/mol. The molecule has 0 aromatic heterocycles. The summed E-state index contributed by atoms with van der Waals surface area (Å²) in [7, 11) is 0. The topological polar surface area (TPSA) is 87.3 Å². The number of hydrogen-bond acceptors (Lipinski definition) is 3. The maximum absolute atomic E-state index is 12.2. The highest BCUT2D eigenvalue weighted by molar-refractivity contribution is 6.01. The summed E-state index contributed by atoms with van der Waals surface area (Å²) in [6.45, 7) is 5.25. The van der Waals surface area contributed by atoms with Gasteiger partial charge in [0.25, 0.3) is 5.91 Å². The van der Waals surface area contributed by atoms with Gasteiger partial charge in [-0.1, -0.05) is 32.0 Å². The van der Waals surface area contributed by atoms with Crippen molar-refractivity contribution < 1.29 is 14.4 Å². The summed E-state index contributed by atoms with van der Waals surface area (Å²) in [4.78, 5) is 36.0. The van der Waals surface area contributed by atoms with Gasteiger partial charge in [0.2, 0.25) is 11.8 Å². The van der Waals surface area contributed by atoms with E-state index in [1.165, 1.54) is 0 Å². The molecule has 0 saturated carbocycles. The van der Waals surface area contributed by atoms with Gasteiger partial charge in [-0.2, -0.15) is 0 Å². The summed E-state index contributed by atoms with van der Waals surface area (Å²) in [6, 6.07) is 14.8. The van der Waals surface area contributed by atoms with E-state index in [1.807, 2.05) is 19.9 Å². The lowest BCUT2D eigenvalue weighted by atomic mass is 10.2. The van der Waals surface area contributed by atoms with Crippen molar-refractivity contribution in [3.63, 3.8) is 0 Å². The normalized spacial score (nSPS) is 11.5. The number of rotatable bonds is 6. The van der Waals surface area contributed by atoms with Gasteiger partial charge in [-0.15, -0.1) is 0 Å². The minimum absolute atomic E-state index is 0.0703. The van der Waals surface area contributed by atoms with E-state index in [0.29, 0.717) is 16.9 Å². The average molecular weight is 353 g/mol. The van der Waals surface area contributed by atoms with E-state index in [2.05, 4.69) is 16.0 Å². The van der Waals surface area contributed by atoms with Crippen LogP contribution in [0.5, 0.6) is 0 Å². The van der Waals surface area contributed by atoms with Gasteiger partial charge in [0.1, 0.15) is 6.04 Å². The third kappa shape index (κ3) is 5.44. The molecule has 136 valence electrons. The molecule has 3 amide bonds. The van der Waals surface area contributed by atoms with Gasteiger partial charge < -0.3 is 16.0 Å². The van der Waals surface area contributed by atoms with Crippen LogP contribution in [0.15, 0.2) is 54.6 Å². The molecule has 0 radical (unpaired) electrons. The second kappa shape index (κ2) is 8.80. The quantitative estimate of drug-likeness (QED) is 0.746. The van der Waals surface area contributed by atoms with E-state index in [0.717, 1.165) is 0 Å². The molecule has 0 aliphatic heterocycles. The standard InChI is InChI=1S/C20H23N3O3/c1-13(2)18(24)22-16-9-11-17(12-10-16)23-19(25)14(3)21-20(26)15-7-5-4-6-8-15/h4-14H,1-3H3,(H,21,26)(H,22,24)(H,23,25). The van der Waals surface area contributed by atoms with Crippen molar-refractivity contribution in [2.75, 3.05) is 10.6 Å². The minimum atomic E-state index is -0.692. The molecule has 1 atom stereocenters. The average Bonchev–Trinajstić information content (AvgIpc) is 2.63. The summed E-state index contributed by atoms with van der Waals surface area (Å²) < 4.78 is 0. The zero-order valence-corrected chi connectivity index (χ0v) is 15.1. The molecule has 0 bridgehead atoms. The van der Waals surface area contributed by atoms with E-state index in [1.54, 1.807) is 55.5 Å². The van der Waals surface area contributed by atoms with E-state index >= 15 is 0 Å². The van der Waals surface area contributed by atoms with Crippen LogP contribution in [0.1, 0.15) is 31.1 Å². The third-order valence-corrected chi connectivity index (χ3v) is 3.72. The van der Waals surface area contributed by atoms with Crippen LogP contribution < -0.4 is 16.0 Å². The molecular formula is C20H23N3O3. The number of benzene rings is 2. The number of carbonyl (C=O) groups is 3. The molecule has 3 N–H and O–H groups in total. The second-order valence-electron chi connectivity index (χ2n) is 6.27. The molecule has 0 aliphatic rings. The summed E-state index contributed by atoms with van der Waals surface area (Å²) in [5, 5.41) is 8.17. The predicted molar refractivity (Wildman–Crippen MR) is 102 cm³/mol. The number of hydrogen-bond donors (Lipinski definition) is 3. The van der Waals surface area contributed by atoms with Crippen LogP contribution in [0.2, 0.25) is 0 Å². The minimum Gasteiger partial charge on any atom is -0.341 e. The Morgan fingerprint density at radius 1 is 0.731 bits per heavy atom. The van der Waals surface area contributed by atoms with Crippen molar-refractivity contribution in [2.45, 2.75) is 26.8 Å². The molecule has 6 heteroatoms. The Morgan fingerprint density at radius 2 is 1.23 bits per heavy atom. The molecule has 0 heterocycles. The Hall–Kier alpha value is -3.15. The lowest BCUT2D eigenvalue weighted by Gasteiger charge is -2.14. The number of nitrogens with one attached hydrogen (secondary N) is 3. The van der Waals surface area contributed by atoms with Gasteiger partial charge in [0, 0.05) is 22.9 Å². The first kappa shape index (κ1) is 19.2. The van der Waals surface area contributed by atoms with Crippen molar-refractivity contribution >= 4 is 29.1 Å². The smallest absolute Gasteiger partial charge is 0.251 e. The largest absolute Gasteiger partial charge is 0.341 e. The van der Waals surface area contributed by atoms with Gasteiger partial charge in [-0.05, 0) is 43.3 Å². The highest BCUT2D eigenvalue weighted by Crippen LogP contribution is 2.14. The zero-order valence-electron chi connectivity index (χ0n) is 15.1. The fraction of sp³-hybridized carbons (Fsp3) is 0.250. The van der Waals surface area contributed by atoms with Crippen LogP contribution in [0, 0.1) is 5.92 Å². The second-order valence-corrected chi connectivity index (χ2v) is 6.27. The Labute approximate surface area is 153 Å². The lowest BCUT2D eigenvalue weighted by molar-refractivity contribution is -0.119. The first-order chi connectivity index (χ1) is 12.4. The highest BCUT2D eigenvalue weighted by Gasteiger charge is 2.16. The first-order valence-corrected chi connectivity index (χ1v) is 8.44. The molecule has 0 saturated heterocycles. The predicted octanol–water partition coefficient (Wildman–Crippen LogP) is 3.04. The molecule has 0 aliphatic carbocycles. The van der Waals surface area contributed by atoms with E-state index < -0.39 is 6.04 Å². The summed E-state index contributed by atoms with van der Waals surface area (Å²) >= 11 is 0. The van der Waals surface area contributed by atoms with Crippen LogP contribution in [0.3, 0.4) is 0 Å². The van der Waals surface area contributed by atoms with Gasteiger partial charge >= 0.3 is 0 Å². The highest BCUT2D eigenvalue weighted by atomic mass is 16.2. The molecule has 0 fully saturated rings. The molecule has 6 nitrogen and oxygen atoms in total. The summed E-state index contributed by atoms with van der Waals surface area (Å²) in [5.74, 6) is -0.810. The zero-order chi connectivity index (χ0) is 19.1. The first-order valence-electron chi connectivity index (χ1n) is 8.44. The summed E-state index contributed by atoms with van der Waals surface area (Å²) in [6.07, 6.45) is 0. The molecule has 2 rings (SSSR count). The lowest BCUT2D eigenvalue weighted by Crippen LogP contribution is -2.41. The van der Waals surface area contributed by atoms with Crippen LogP contribution >= 0.6 is 0 Å². The fourth-order valence-corrected chi connectivity index (χ4v) is 2.11. The van der Waals surface area contributed by atoms with Crippen molar-refractivity contribution in [1.82, 2.24) is 5.32 Å². The fourth-order valence-electron chi connectivity index (χ4n) is 2.11. The maximum Gasteiger partial charge on any atom is 0.251 e. The SMILES string of the molecule is CC(C)C(=O)Nc1ccc(NC(=O)C(C)NC(=O)c2ccccc2)cc1. The molecular weight excluding hydrogens is 330 g/mol. The Bertz CT molecular complexity index is 771. The molecule has 2 aromatic rings. The van der Waals surface area contributed by atoms with Gasteiger partial charge in [-0.3, -0.25) is 14.4 Å². The Morgan fingerprint density at radius 3 is 1.73 bits per heavy atom. The van der Waals surface area contributed by atoms with Crippen molar-refractivity contribution in [3.8, 4) is 0 Å². The van der Waals surface area contributed by atoms with Crippen molar-refractivity contribution in [1.29, 1.82) is 0 Å². The maximum atomic E-state index is 12.2. The molecule has 2 aromatic carbocycles. The molecule has 0 spiro atoms. The van der Waals surface area contributed by atoms with E-state index in [-0.39, 0.29) is 23.6 Å². The summed E-state index contributed by atoms with van der Waals surface area (Å²) in [5.41, 5.74) is 1.74. The van der Waals surface area contributed by atoms with Crippen LogP contribution in [0.25, 0.3) is 0 Å². The van der Waals surface area contributed by atoms with E-state index in [9.17, 15) is 14.4 Å². The Kier molecular flexibility index (Phi) is 6.49. The van der Waals surface area contributed by atoms with Crippen LogP contribution in [0.4, 0.5) is 11.4 Å². The third-order valence-electron chi connectivity index (χ3n) is 3.72. The number of anilines is 2. The van der Waals surface area contributed by atoms with E-state index in [4.69, 9.17) is 0 Å². The number of carbonyl (C=O) groups excluding carboxylic acids is 3. The van der Waals surface area contributed by atoms with Crippen molar-refractivity contribution in [3.05, 3.63) is 60.2 Å². The van der Waals surface area contributed by atoms with Crippen LogP contribution in [-0.4, -0.2) is 23.8 Å². The van der Waals surface area contributed by atoms with Crippen molar-refractivity contribution in [2.24, 2.45) is 5.92 Å². The molecule has 1 unspecified atom stereocenters. The molecule has 26 heavy (non-hydrogen) atoms.